The number of Topliss-reactive ketones (excluding diaryl/α,β-unsaturated/α-hetero) is 1. The van der Waals surface area contributed by atoms with Gasteiger partial charge in [0.1, 0.15) is 0 Å². The Bertz CT molecular complexity index is 472. The van der Waals surface area contributed by atoms with Gasteiger partial charge in [0, 0.05) is 0 Å². The van der Waals surface area contributed by atoms with Crippen molar-refractivity contribution in [1.82, 2.24) is 4.90 Å². The standard InChI is InChI=1S/C16H24FNO2/c1-6-16(4,18(7-2)8-3)15(19)12-10-9-11-13(20-5)14(12)17/h9-11H,6-8H2,1-5H3. The van der Waals surface area contributed by atoms with E-state index in [1.165, 1.54) is 19.2 Å². The fourth-order valence-corrected chi connectivity index (χ4v) is 2.58. The number of benzene rings is 1. The number of halogens is 1. The summed E-state index contributed by atoms with van der Waals surface area (Å²) in [5.74, 6) is -0.666. The zero-order valence-electron chi connectivity index (χ0n) is 13.0. The molecule has 3 nitrogen and oxygen atoms in total. The van der Waals surface area contributed by atoms with Crippen LogP contribution in [0.1, 0.15) is 44.5 Å². The molecule has 0 aliphatic heterocycles. The van der Waals surface area contributed by atoms with Crippen LogP contribution in [0.3, 0.4) is 0 Å². The first-order chi connectivity index (χ1) is 9.46. The van der Waals surface area contributed by atoms with Crippen LogP contribution in [-0.4, -0.2) is 36.4 Å². The molecule has 20 heavy (non-hydrogen) atoms. The van der Waals surface area contributed by atoms with Crippen LogP contribution in [0, 0.1) is 5.82 Å². The summed E-state index contributed by atoms with van der Waals surface area (Å²) >= 11 is 0. The number of ketones is 1. The van der Waals surface area contributed by atoms with Crippen LogP contribution in [0.5, 0.6) is 5.75 Å². The van der Waals surface area contributed by atoms with Crippen molar-refractivity contribution in [1.29, 1.82) is 0 Å². The van der Waals surface area contributed by atoms with Gasteiger partial charge in [-0.15, -0.1) is 0 Å². The molecule has 1 rings (SSSR count). The molecular formula is C16H24FNO2. The van der Waals surface area contributed by atoms with Crippen molar-refractivity contribution < 1.29 is 13.9 Å². The molecule has 0 aliphatic rings. The highest BCUT2D eigenvalue weighted by Crippen LogP contribution is 2.28. The smallest absolute Gasteiger partial charge is 0.185 e. The molecule has 1 aromatic carbocycles. The number of ether oxygens (including phenoxy) is 1. The van der Waals surface area contributed by atoms with Crippen molar-refractivity contribution in [2.75, 3.05) is 20.2 Å². The summed E-state index contributed by atoms with van der Waals surface area (Å²) in [6, 6.07) is 4.69. The van der Waals surface area contributed by atoms with Crippen LogP contribution >= 0.6 is 0 Å². The number of rotatable bonds is 7. The number of carbonyl (C=O) groups is 1. The molecule has 0 amide bonds. The van der Waals surface area contributed by atoms with E-state index in [0.717, 1.165) is 13.1 Å². The molecule has 0 radical (unpaired) electrons. The van der Waals surface area contributed by atoms with Gasteiger partial charge in [0.2, 0.25) is 0 Å². The van der Waals surface area contributed by atoms with Crippen molar-refractivity contribution >= 4 is 5.78 Å². The van der Waals surface area contributed by atoms with Gasteiger partial charge in [0.15, 0.2) is 17.3 Å². The summed E-state index contributed by atoms with van der Waals surface area (Å²) in [6.07, 6.45) is 0.629. The first-order valence-electron chi connectivity index (χ1n) is 7.08. The SMILES string of the molecule is CCN(CC)C(C)(CC)C(=O)c1cccc(OC)c1F. The maximum Gasteiger partial charge on any atom is 0.185 e. The molecule has 1 atom stereocenters. The Hall–Kier alpha value is -1.42. The van der Waals surface area contributed by atoms with E-state index in [0.29, 0.717) is 6.42 Å². The van der Waals surface area contributed by atoms with Gasteiger partial charge in [-0.1, -0.05) is 26.8 Å². The van der Waals surface area contributed by atoms with Gasteiger partial charge in [-0.3, -0.25) is 9.69 Å². The van der Waals surface area contributed by atoms with Crippen molar-refractivity contribution in [3.05, 3.63) is 29.6 Å². The Morgan fingerprint density at radius 2 is 1.90 bits per heavy atom. The third-order valence-electron chi connectivity index (χ3n) is 4.07. The van der Waals surface area contributed by atoms with Crippen LogP contribution in [0.4, 0.5) is 4.39 Å². The largest absolute Gasteiger partial charge is 0.494 e. The van der Waals surface area contributed by atoms with E-state index in [1.807, 2.05) is 27.7 Å². The molecule has 0 fully saturated rings. The molecule has 0 N–H and O–H groups in total. The van der Waals surface area contributed by atoms with E-state index in [9.17, 15) is 9.18 Å². The molecule has 0 heterocycles. The highest BCUT2D eigenvalue weighted by atomic mass is 19.1. The predicted molar refractivity (Wildman–Crippen MR) is 78.9 cm³/mol. The van der Waals surface area contributed by atoms with Gasteiger partial charge in [-0.25, -0.2) is 4.39 Å². The minimum Gasteiger partial charge on any atom is -0.494 e. The van der Waals surface area contributed by atoms with Crippen LogP contribution in [-0.2, 0) is 0 Å². The molecule has 0 spiro atoms. The number of carbonyl (C=O) groups excluding carboxylic acids is 1. The Balaban J connectivity index is 3.27. The summed E-state index contributed by atoms with van der Waals surface area (Å²) in [7, 11) is 1.40. The topological polar surface area (TPSA) is 29.5 Å². The maximum atomic E-state index is 14.3. The molecule has 1 aromatic rings. The van der Waals surface area contributed by atoms with Crippen LogP contribution < -0.4 is 4.74 Å². The second-order valence-electron chi connectivity index (χ2n) is 4.95. The molecule has 0 saturated carbocycles. The van der Waals surface area contributed by atoms with Crippen molar-refractivity contribution in [3.8, 4) is 5.75 Å². The summed E-state index contributed by atoms with van der Waals surface area (Å²) in [4.78, 5) is 14.9. The monoisotopic (exact) mass is 281 g/mol. The summed E-state index contributed by atoms with van der Waals surface area (Å²) in [6.45, 7) is 9.34. The number of hydrogen-bond acceptors (Lipinski definition) is 3. The van der Waals surface area contributed by atoms with Gasteiger partial charge in [-0.2, -0.15) is 0 Å². The lowest BCUT2D eigenvalue weighted by Crippen LogP contribution is -2.52. The first kappa shape index (κ1) is 16.6. The maximum absolute atomic E-state index is 14.3. The zero-order chi connectivity index (χ0) is 15.3. The van der Waals surface area contributed by atoms with Gasteiger partial charge in [0.05, 0.1) is 18.2 Å². The molecular weight excluding hydrogens is 257 g/mol. The van der Waals surface area contributed by atoms with E-state index >= 15 is 0 Å². The van der Waals surface area contributed by atoms with Gasteiger partial charge in [-0.05, 0) is 38.6 Å². The predicted octanol–water partition coefficient (Wildman–Crippen LogP) is 3.53. The van der Waals surface area contributed by atoms with Crippen LogP contribution in [0.25, 0.3) is 0 Å². The first-order valence-corrected chi connectivity index (χ1v) is 7.08. The van der Waals surface area contributed by atoms with Crippen LogP contribution in [0.2, 0.25) is 0 Å². The molecule has 0 saturated heterocycles. The molecule has 0 bridgehead atoms. The fraction of sp³-hybridized carbons (Fsp3) is 0.562. The van der Waals surface area contributed by atoms with Gasteiger partial charge < -0.3 is 4.74 Å². The third-order valence-corrected chi connectivity index (χ3v) is 4.07. The number of nitrogens with zero attached hydrogens (tertiary/aromatic N) is 1. The van der Waals surface area contributed by atoms with E-state index in [-0.39, 0.29) is 17.1 Å². The highest BCUT2D eigenvalue weighted by molar-refractivity contribution is 6.03. The van der Waals surface area contributed by atoms with Crippen molar-refractivity contribution in [3.63, 3.8) is 0 Å². The van der Waals surface area contributed by atoms with E-state index in [4.69, 9.17) is 4.74 Å². The molecule has 0 aromatic heterocycles. The lowest BCUT2D eigenvalue weighted by Gasteiger charge is -2.38. The quantitative estimate of drug-likeness (QED) is 0.716. The Kier molecular flexibility index (Phi) is 5.69. The summed E-state index contributed by atoms with van der Waals surface area (Å²) in [5, 5.41) is 0. The second kappa shape index (κ2) is 6.84. The Morgan fingerprint density at radius 3 is 2.35 bits per heavy atom. The second-order valence-corrected chi connectivity index (χ2v) is 4.95. The molecule has 4 heteroatoms. The molecule has 1 unspecified atom stereocenters. The van der Waals surface area contributed by atoms with E-state index in [2.05, 4.69) is 4.90 Å². The minimum absolute atomic E-state index is 0.0978. The zero-order valence-corrected chi connectivity index (χ0v) is 13.0. The normalized spacial score (nSPS) is 14.2. The summed E-state index contributed by atoms with van der Waals surface area (Å²) in [5.41, 5.74) is -0.600. The van der Waals surface area contributed by atoms with Crippen molar-refractivity contribution in [2.24, 2.45) is 0 Å². The number of likely N-dealkylation sites (N-methyl/N-ethyl adjacent to an activating group) is 1. The van der Waals surface area contributed by atoms with E-state index in [1.54, 1.807) is 6.07 Å². The lowest BCUT2D eigenvalue weighted by molar-refractivity contribution is 0.0602. The fourth-order valence-electron chi connectivity index (χ4n) is 2.58. The van der Waals surface area contributed by atoms with Crippen molar-refractivity contribution in [2.45, 2.75) is 39.7 Å². The average Bonchev–Trinajstić information content (AvgIpc) is 2.47. The Labute approximate surface area is 120 Å². The van der Waals surface area contributed by atoms with Crippen LogP contribution in [0.15, 0.2) is 18.2 Å². The highest BCUT2D eigenvalue weighted by Gasteiger charge is 2.38. The lowest BCUT2D eigenvalue weighted by atomic mass is 9.86. The Morgan fingerprint density at radius 1 is 1.30 bits per heavy atom. The summed E-state index contributed by atoms with van der Waals surface area (Å²) < 4.78 is 19.3. The number of methoxy groups -OCH3 is 1. The molecule has 0 aliphatic carbocycles. The number of hydrogen-bond donors (Lipinski definition) is 0. The van der Waals surface area contributed by atoms with E-state index < -0.39 is 11.4 Å². The minimum atomic E-state index is -0.698. The molecule has 112 valence electrons. The third kappa shape index (κ3) is 2.85. The van der Waals surface area contributed by atoms with Gasteiger partial charge >= 0.3 is 0 Å². The average molecular weight is 281 g/mol. The van der Waals surface area contributed by atoms with Gasteiger partial charge in [0.25, 0.3) is 0 Å².